The third kappa shape index (κ3) is 6.90. The number of guanidine groups is 1. The van der Waals surface area contributed by atoms with E-state index < -0.39 is 0 Å². The molecule has 1 saturated heterocycles. The first kappa shape index (κ1) is 24.2. The normalized spacial score (nSPS) is 17.4. The van der Waals surface area contributed by atoms with Gasteiger partial charge in [0, 0.05) is 64.3 Å². The molecule has 0 aliphatic carbocycles. The Bertz CT molecular complexity index is 547. The summed E-state index contributed by atoms with van der Waals surface area (Å²) in [5, 5.41) is 11.0. The summed E-state index contributed by atoms with van der Waals surface area (Å²) in [6, 6.07) is 0.487. The lowest BCUT2D eigenvalue weighted by Gasteiger charge is -2.37. The summed E-state index contributed by atoms with van der Waals surface area (Å²) >= 11 is 0. The van der Waals surface area contributed by atoms with E-state index in [1.54, 1.807) is 0 Å². The summed E-state index contributed by atoms with van der Waals surface area (Å²) < 4.78 is 5.44. The van der Waals surface area contributed by atoms with E-state index >= 15 is 0 Å². The lowest BCUT2D eigenvalue weighted by Crippen LogP contribution is -2.53. The molecule has 1 unspecified atom stereocenters. The second-order valence-electron chi connectivity index (χ2n) is 6.86. The Labute approximate surface area is 181 Å². The van der Waals surface area contributed by atoms with E-state index in [-0.39, 0.29) is 24.0 Å². The highest BCUT2D eigenvalue weighted by molar-refractivity contribution is 14.0. The fourth-order valence-electron chi connectivity index (χ4n) is 3.42. The Balaban J connectivity index is 0.00000364. The molecule has 0 radical (unpaired) electrons. The molecule has 1 atom stereocenters. The number of aliphatic imine (C=N–C) groups is 1. The van der Waals surface area contributed by atoms with Crippen molar-refractivity contribution in [2.45, 2.75) is 53.1 Å². The van der Waals surface area contributed by atoms with Crippen LogP contribution in [0.5, 0.6) is 0 Å². The van der Waals surface area contributed by atoms with Gasteiger partial charge in [-0.15, -0.1) is 24.0 Å². The Morgan fingerprint density at radius 3 is 2.41 bits per heavy atom. The number of piperazine rings is 1. The molecule has 0 spiro atoms. The molecule has 1 aliphatic rings. The van der Waals surface area contributed by atoms with Crippen LogP contribution in [0.2, 0.25) is 0 Å². The van der Waals surface area contributed by atoms with Crippen LogP contribution in [0.4, 0.5) is 0 Å². The van der Waals surface area contributed by atoms with E-state index in [9.17, 15) is 0 Å². The molecule has 0 saturated carbocycles. The van der Waals surface area contributed by atoms with Gasteiger partial charge in [-0.3, -0.25) is 9.89 Å². The maximum Gasteiger partial charge on any atom is 0.191 e. The van der Waals surface area contributed by atoms with Crippen LogP contribution in [0.3, 0.4) is 0 Å². The highest BCUT2D eigenvalue weighted by atomic mass is 127. The van der Waals surface area contributed by atoms with Gasteiger partial charge in [-0.25, -0.2) is 0 Å². The predicted molar refractivity (Wildman–Crippen MR) is 122 cm³/mol. The highest BCUT2D eigenvalue weighted by Gasteiger charge is 2.20. The van der Waals surface area contributed by atoms with Gasteiger partial charge in [0.05, 0.1) is 5.69 Å². The van der Waals surface area contributed by atoms with Gasteiger partial charge < -0.3 is 20.1 Å². The number of aromatic nitrogens is 1. The van der Waals surface area contributed by atoms with Gasteiger partial charge in [0.15, 0.2) is 5.96 Å². The average molecular weight is 492 g/mol. The molecule has 0 amide bonds. The molecule has 2 rings (SSSR count). The molecular formula is C19H37IN6O. The van der Waals surface area contributed by atoms with Crippen molar-refractivity contribution in [3.8, 4) is 0 Å². The quantitative estimate of drug-likeness (QED) is 0.329. The SMILES string of the molecule is CCc1noc(CC)c1CNC(=NC)NCC(C)N1CCN(CC)CC1.I. The van der Waals surface area contributed by atoms with Crippen molar-refractivity contribution in [3.63, 3.8) is 0 Å². The third-order valence-electron chi connectivity index (χ3n) is 5.31. The van der Waals surface area contributed by atoms with E-state index in [0.717, 1.165) is 56.4 Å². The second kappa shape index (κ2) is 12.6. The first-order chi connectivity index (χ1) is 12.6. The summed E-state index contributed by atoms with van der Waals surface area (Å²) in [5.74, 6) is 1.79. The van der Waals surface area contributed by atoms with Gasteiger partial charge in [-0.05, 0) is 19.9 Å². The molecule has 0 aromatic carbocycles. The average Bonchev–Trinajstić information content (AvgIpc) is 3.09. The minimum absolute atomic E-state index is 0. The lowest BCUT2D eigenvalue weighted by atomic mass is 10.1. The Morgan fingerprint density at radius 1 is 1.15 bits per heavy atom. The Kier molecular flexibility index (Phi) is 11.2. The third-order valence-corrected chi connectivity index (χ3v) is 5.31. The topological polar surface area (TPSA) is 68.9 Å². The predicted octanol–water partition coefficient (Wildman–Crippen LogP) is 2.11. The maximum absolute atomic E-state index is 5.44. The Hall–Kier alpha value is -0.870. The Morgan fingerprint density at radius 2 is 1.85 bits per heavy atom. The zero-order valence-electron chi connectivity index (χ0n) is 17.5. The van der Waals surface area contributed by atoms with Gasteiger partial charge in [-0.1, -0.05) is 25.9 Å². The van der Waals surface area contributed by atoms with Gasteiger partial charge >= 0.3 is 0 Å². The van der Waals surface area contributed by atoms with Gasteiger partial charge in [0.25, 0.3) is 0 Å². The number of aryl methyl sites for hydroxylation is 2. The first-order valence-electron chi connectivity index (χ1n) is 10.00. The van der Waals surface area contributed by atoms with E-state index in [4.69, 9.17) is 4.52 Å². The highest BCUT2D eigenvalue weighted by Crippen LogP contribution is 2.15. The van der Waals surface area contributed by atoms with Crippen molar-refractivity contribution in [1.29, 1.82) is 0 Å². The number of nitrogens with zero attached hydrogens (tertiary/aromatic N) is 4. The van der Waals surface area contributed by atoms with Crippen LogP contribution >= 0.6 is 24.0 Å². The number of halogens is 1. The van der Waals surface area contributed by atoms with Gasteiger partial charge in [-0.2, -0.15) is 0 Å². The van der Waals surface area contributed by atoms with Gasteiger partial charge in [0.2, 0.25) is 0 Å². The van der Waals surface area contributed by atoms with Crippen molar-refractivity contribution in [2.24, 2.45) is 4.99 Å². The van der Waals surface area contributed by atoms with Crippen LogP contribution in [0, 0.1) is 0 Å². The van der Waals surface area contributed by atoms with Crippen LogP contribution < -0.4 is 10.6 Å². The minimum Gasteiger partial charge on any atom is -0.361 e. The summed E-state index contributed by atoms with van der Waals surface area (Å²) in [6.07, 6.45) is 1.74. The molecule has 2 N–H and O–H groups in total. The van der Waals surface area contributed by atoms with Crippen molar-refractivity contribution in [1.82, 2.24) is 25.6 Å². The number of likely N-dealkylation sites (N-methyl/N-ethyl adjacent to an activating group) is 1. The van der Waals surface area contributed by atoms with E-state index in [1.165, 1.54) is 18.7 Å². The maximum atomic E-state index is 5.44. The minimum atomic E-state index is 0. The summed E-state index contributed by atoms with van der Waals surface area (Å²) in [4.78, 5) is 9.42. The number of hydrogen-bond donors (Lipinski definition) is 2. The smallest absolute Gasteiger partial charge is 0.191 e. The summed E-state index contributed by atoms with van der Waals surface area (Å²) in [5.41, 5.74) is 2.20. The molecule has 1 aromatic heterocycles. The van der Waals surface area contributed by atoms with Gasteiger partial charge in [0.1, 0.15) is 5.76 Å². The molecule has 1 aliphatic heterocycles. The molecule has 27 heavy (non-hydrogen) atoms. The lowest BCUT2D eigenvalue weighted by molar-refractivity contribution is 0.107. The molecule has 8 heteroatoms. The molecule has 0 bridgehead atoms. The van der Waals surface area contributed by atoms with Crippen molar-refractivity contribution >= 4 is 29.9 Å². The summed E-state index contributed by atoms with van der Waals surface area (Å²) in [6.45, 7) is 16.1. The largest absolute Gasteiger partial charge is 0.361 e. The van der Waals surface area contributed by atoms with Crippen LogP contribution in [0.15, 0.2) is 9.52 Å². The van der Waals surface area contributed by atoms with Crippen LogP contribution in [-0.2, 0) is 19.4 Å². The molecular weight excluding hydrogens is 455 g/mol. The monoisotopic (exact) mass is 492 g/mol. The van der Waals surface area contributed by atoms with Crippen LogP contribution in [0.1, 0.15) is 44.7 Å². The fraction of sp³-hybridized carbons (Fsp3) is 0.789. The fourth-order valence-corrected chi connectivity index (χ4v) is 3.42. The molecule has 156 valence electrons. The van der Waals surface area contributed by atoms with Crippen LogP contribution in [-0.4, -0.2) is 73.3 Å². The summed E-state index contributed by atoms with van der Waals surface area (Å²) in [7, 11) is 1.81. The zero-order chi connectivity index (χ0) is 18.9. The van der Waals surface area contributed by atoms with E-state index in [0.29, 0.717) is 12.6 Å². The van der Waals surface area contributed by atoms with E-state index in [1.807, 2.05) is 7.05 Å². The number of rotatable bonds is 8. The van der Waals surface area contributed by atoms with Crippen molar-refractivity contribution < 1.29 is 4.52 Å². The molecule has 1 fully saturated rings. The molecule has 2 heterocycles. The number of nitrogens with one attached hydrogen (secondary N) is 2. The van der Waals surface area contributed by atoms with Crippen LogP contribution in [0.25, 0.3) is 0 Å². The first-order valence-corrected chi connectivity index (χ1v) is 10.00. The molecule has 7 nitrogen and oxygen atoms in total. The zero-order valence-corrected chi connectivity index (χ0v) is 19.9. The standard InChI is InChI=1S/C19H36N6O.HI/c1-6-17-16(18(7-2)26-23-17)14-22-19(20-5)21-13-15(4)25-11-9-24(8-3)10-12-25;/h15H,6-14H2,1-5H3,(H2,20,21,22);1H. The second-order valence-corrected chi connectivity index (χ2v) is 6.86. The van der Waals surface area contributed by atoms with Crippen molar-refractivity contribution in [3.05, 3.63) is 17.0 Å². The van der Waals surface area contributed by atoms with E-state index in [2.05, 4.69) is 58.3 Å². The molecule has 1 aromatic rings. The number of hydrogen-bond acceptors (Lipinski definition) is 5. The van der Waals surface area contributed by atoms with Crippen molar-refractivity contribution in [2.75, 3.05) is 46.3 Å².